The largest absolute Gasteiger partial charge is 0.465 e. The van der Waals surface area contributed by atoms with Gasteiger partial charge in [-0.25, -0.2) is 9.78 Å². The number of nitrogens with one attached hydrogen (secondary N) is 1. The third-order valence-electron chi connectivity index (χ3n) is 3.64. The number of anilines is 1. The van der Waals surface area contributed by atoms with E-state index in [-0.39, 0.29) is 12.3 Å². The minimum absolute atomic E-state index is 0.156. The van der Waals surface area contributed by atoms with Gasteiger partial charge < -0.3 is 14.5 Å². The maximum atomic E-state index is 12.2. The average molecular weight is 323 g/mol. The van der Waals surface area contributed by atoms with Crippen molar-refractivity contribution in [2.24, 2.45) is 0 Å². The monoisotopic (exact) mass is 323 g/mol. The molecule has 0 bridgehead atoms. The quantitative estimate of drug-likeness (QED) is 0.749. The Morgan fingerprint density at radius 2 is 2.08 bits per heavy atom. The molecule has 1 aromatic carbocycles. The van der Waals surface area contributed by atoms with Gasteiger partial charge in [0.1, 0.15) is 5.65 Å². The molecule has 0 saturated carbocycles. The van der Waals surface area contributed by atoms with Gasteiger partial charge in [-0.3, -0.25) is 4.79 Å². The SMILES string of the molecule is COC(=O)c1cccc(NC(=O)Cc2cn3cccc(C)c3n2)c1. The fourth-order valence-corrected chi connectivity index (χ4v) is 2.50. The molecule has 0 aliphatic heterocycles. The highest BCUT2D eigenvalue weighted by Gasteiger charge is 2.11. The van der Waals surface area contributed by atoms with Crippen molar-refractivity contribution in [3.8, 4) is 0 Å². The third-order valence-corrected chi connectivity index (χ3v) is 3.64. The summed E-state index contributed by atoms with van der Waals surface area (Å²) in [5.41, 5.74) is 3.51. The number of nitrogens with zero attached hydrogens (tertiary/aromatic N) is 2. The number of carbonyl (C=O) groups excluding carboxylic acids is 2. The summed E-state index contributed by atoms with van der Waals surface area (Å²) < 4.78 is 6.57. The highest BCUT2D eigenvalue weighted by molar-refractivity contribution is 5.95. The molecule has 6 heteroatoms. The van der Waals surface area contributed by atoms with Gasteiger partial charge >= 0.3 is 5.97 Å². The number of hydrogen-bond donors (Lipinski definition) is 1. The first kappa shape index (κ1) is 15.7. The van der Waals surface area contributed by atoms with Crippen LogP contribution >= 0.6 is 0 Å². The van der Waals surface area contributed by atoms with Crippen LogP contribution in [0.15, 0.2) is 48.8 Å². The summed E-state index contributed by atoms with van der Waals surface area (Å²) in [5.74, 6) is -0.639. The smallest absolute Gasteiger partial charge is 0.337 e. The van der Waals surface area contributed by atoms with Gasteiger partial charge in [0.15, 0.2) is 0 Å². The Balaban J connectivity index is 1.73. The molecule has 0 radical (unpaired) electrons. The van der Waals surface area contributed by atoms with Crippen molar-refractivity contribution in [3.63, 3.8) is 0 Å². The van der Waals surface area contributed by atoms with E-state index < -0.39 is 5.97 Å². The van der Waals surface area contributed by atoms with E-state index in [9.17, 15) is 9.59 Å². The van der Waals surface area contributed by atoms with Crippen molar-refractivity contribution in [3.05, 3.63) is 65.6 Å². The summed E-state index contributed by atoms with van der Waals surface area (Å²) in [4.78, 5) is 28.2. The zero-order valence-corrected chi connectivity index (χ0v) is 13.4. The van der Waals surface area contributed by atoms with Gasteiger partial charge in [0.05, 0.1) is 24.8 Å². The molecule has 2 aromatic heterocycles. The van der Waals surface area contributed by atoms with E-state index in [2.05, 4.69) is 15.0 Å². The molecular formula is C18H17N3O3. The van der Waals surface area contributed by atoms with E-state index in [1.807, 2.05) is 35.9 Å². The predicted octanol–water partition coefficient (Wildman–Crippen LogP) is 2.61. The summed E-state index contributed by atoms with van der Waals surface area (Å²) in [6, 6.07) is 10.5. The van der Waals surface area contributed by atoms with Crippen LogP contribution in [-0.2, 0) is 16.0 Å². The number of imidazole rings is 1. The van der Waals surface area contributed by atoms with Gasteiger partial charge in [-0.2, -0.15) is 0 Å². The summed E-state index contributed by atoms with van der Waals surface area (Å²) in [5, 5.41) is 2.77. The number of hydrogen-bond acceptors (Lipinski definition) is 4. The highest BCUT2D eigenvalue weighted by Crippen LogP contribution is 2.13. The molecule has 3 aromatic rings. The van der Waals surface area contributed by atoms with Gasteiger partial charge in [-0.05, 0) is 36.8 Å². The number of esters is 1. The zero-order chi connectivity index (χ0) is 17.1. The second kappa shape index (κ2) is 6.54. The number of aryl methyl sites for hydroxylation is 1. The lowest BCUT2D eigenvalue weighted by atomic mass is 10.2. The predicted molar refractivity (Wildman–Crippen MR) is 90.0 cm³/mol. The van der Waals surface area contributed by atoms with Crippen molar-refractivity contribution < 1.29 is 14.3 Å². The molecule has 0 atom stereocenters. The van der Waals surface area contributed by atoms with Crippen molar-refractivity contribution in [1.82, 2.24) is 9.38 Å². The Morgan fingerprint density at radius 3 is 2.83 bits per heavy atom. The molecule has 0 fully saturated rings. The topological polar surface area (TPSA) is 72.7 Å². The van der Waals surface area contributed by atoms with Gasteiger partial charge in [-0.1, -0.05) is 12.1 Å². The van der Waals surface area contributed by atoms with E-state index in [0.717, 1.165) is 11.2 Å². The molecule has 6 nitrogen and oxygen atoms in total. The fourth-order valence-electron chi connectivity index (χ4n) is 2.50. The van der Waals surface area contributed by atoms with Crippen molar-refractivity contribution in [2.45, 2.75) is 13.3 Å². The first-order chi connectivity index (χ1) is 11.6. The average Bonchev–Trinajstić information content (AvgIpc) is 2.98. The Labute approximate surface area is 139 Å². The van der Waals surface area contributed by atoms with Gasteiger partial charge in [-0.15, -0.1) is 0 Å². The molecule has 3 rings (SSSR count). The van der Waals surface area contributed by atoms with E-state index in [0.29, 0.717) is 16.9 Å². The minimum Gasteiger partial charge on any atom is -0.465 e. The molecule has 24 heavy (non-hydrogen) atoms. The van der Waals surface area contributed by atoms with E-state index in [1.54, 1.807) is 24.3 Å². The van der Waals surface area contributed by atoms with E-state index in [4.69, 9.17) is 0 Å². The van der Waals surface area contributed by atoms with Crippen LogP contribution in [0.1, 0.15) is 21.6 Å². The number of aromatic nitrogens is 2. The van der Waals surface area contributed by atoms with Crippen LogP contribution in [0.3, 0.4) is 0 Å². The number of amides is 1. The third kappa shape index (κ3) is 3.27. The van der Waals surface area contributed by atoms with Gasteiger partial charge in [0, 0.05) is 18.1 Å². The molecule has 1 N–H and O–H groups in total. The molecule has 1 amide bonds. The number of ether oxygens (including phenoxy) is 1. The number of benzene rings is 1. The Morgan fingerprint density at radius 1 is 1.25 bits per heavy atom. The number of carbonyl (C=O) groups is 2. The molecule has 0 saturated heterocycles. The normalized spacial score (nSPS) is 10.6. The van der Waals surface area contributed by atoms with Gasteiger partial charge in [0.25, 0.3) is 0 Å². The number of methoxy groups -OCH3 is 1. The molecule has 0 spiro atoms. The highest BCUT2D eigenvalue weighted by atomic mass is 16.5. The van der Waals surface area contributed by atoms with Crippen molar-refractivity contribution in [2.75, 3.05) is 12.4 Å². The molecule has 0 unspecified atom stereocenters. The minimum atomic E-state index is -0.443. The lowest BCUT2D eigenvalue weighted by molar-refractivity contribution is -0.115. The first-order valence-electron chi connectivity index (χ1n) is 7.48. The van der Waals surface area contributed by atoms with Crippen LogP contribution in [0.5, 0.6) is 0 Å². The lowest BCUT2D eigenvalue weighted by Crippen LogP contribution is -2.15. The fraction of sp³-hybridized carbons (Fsp3) is 0.167. The zero-order valence-electron chi connectivity index (χ0n) is 13.4. The van der Waals surface area contributed by atoms with Crippen LogP contribution in [0.4, 0.5) is 5.69 Å². The summed E-state index contributed by atoms with van der Waals surface area (Å²) in [6.07, 6.45) is 3.90. The van der Waals surface area contributed by atoms with Crippen molar-refractivity contribution >= 4 is 23.2 Å². The second-order valence-corrected chi connectivity index (χ2v) is 5.45. The summed E-state index contributed by atoms with van der Waals surface area (Å²) in [7, 11) is 1.32. The number of pyridine rings is 1. The van der Waals surface area contributed by atoms with Crippen LogP contribution in [0.2, 0.25) is 0 Å². The maximum Gasteiger partial charge on any atom is 0.337 e. The molecule has 2 heterocycles. The summed E-state index contributed by atoms with van der Waals surface area (Å²) >= 11 is 0. The number of fused-ring (bicyclic) bond motifs is 1. The maximum absolute atomic E-state index is 12.2. The standard InChI is InChI=1S/C18H17N3O3/c1-12-5-4-8-21-11-15(20-17(12)21)10-16(22)19-14-7-3-6-13(9-14)18(23)24-2/h3-9,11H,10H2,1-2H3,(H,19,22). The number of rotatable bonds is 4. The lowest BCUT2D eigenvalue weighted by Gasteiger charge is -2.05. The van der Waals surface area contributed by atoms with Crippen molar-refractivity contribution in [1.29, 1.82) is 0 Å². The van der Waals surface area contributed by atoms with Crippen LogP contribution in [0, 0.1) is 6.92 Å². The Bertz CT molecular complexity index is 915. The van der Waals surface area contributed by atoms with E-state index >= 15 is 0 Å². The van der Waals surface area contributed by atoms with Crippen LogP contribution < -0.4 is 5.32 Å². The Hall–Kier alpha value is -3.15. The molecule has 0 aliphatic carbocycles. The van der Waals surface area contributed by atoms with Gasteiger partial charge in [0.2, 0.25) is 5.91 Å². The second-order valence-electron chi connectivity index (χ2n) is 5.45. The molecular weight excluding hydrogens is 306 g/mol. The molecule has 122 valence electrons. The van der Waals surface area contributed by atoms with E-state index in [1.165, 1.54) is 7.11 Å². The Kier molecular flexibility index (Phi) is 4.29. The van der Waals surface area contributed by atoms with Crippen LogP contribution in [0.25, 0.3) is 5.65 Å². The summed E-state index contributed by atoms with van der Waals surface area (Å²) in [6.45, 7) is 1.98. The van der Waals surface area contributed by atoms with Crippen LogP contribution in [-0.4, -0.2) is 28.4 Å². The first-order valence-corrected chi connectivity index (χ1v) is 7.48. The molecule has 0 aliphatic rings.